The number of thiophene rings is 1. The van der Waals surface area contributed by atoms with Gasteiger partial charge < -0.3 is 14.8 Å². The van der Waals surface area contributed by atoms with Crippen molar-refractivity contribution in [1.82, 2.24) is 0 Å². The normalized spacial score (nSPS) is 13.4. The third-order valence-corrected chi connectivity index (χ3v) is 8.50. The third kappa shape index (κ3) is 12.9. The van der Waals surface area contributed by atoms with Gasteiger partial charge in [0.15, 0.2) is 0 Å². The van der Waals surface area contributed by atoms with Gasteiger partial charge in [-0.3, -0.25) is 0 Å². The molecule has 42 heavy (non-hydrogen) atoms. The minimum Gasteiger partial charge on any atom is -0.494 e. The summed E-state index contributed by atoms with van der Waals surface area (Å²) in [6, 6.07) is 10.6. The maximum Gasteiger partial charge on any atom is 0.128 e. The largest absolute Gasteiger partial charge is 0.494 e. The monoisotopic (exact) mass is 587 g/mol. The Balaban J connectivity index is 1.65. The molecule has 2 aromatic rings. The van der Waals surface area contributed by atoms with Crippen molar-refractivity contribution in [2.75, 3.05) is 18.5 Å². The average Bonchev–Trinajstić information content (AvgIpc) is 3.49. The van der Waals surface area contributed by atoms with Crippen molar-refractivity contribution in [1.29, 1.82) is 0 Å². The Bertz CT molecular complexity index is 1170. The Kier molecular flexibility index (Phi) is 16.6. The van der Waals surface area contributed by atoms with Crippen LogP contribution in [-0.4, -0.2) is 13.2 Å². The highest BCUT2D eigenvalue weighted by molar-refractivity contribution is 7.19. The Morgan fingerprint density at radius 3 is 2.29 bits per heavy atom. The van der Waals surface area contributed by atoms with Crippen LogP contribution in [0.5, 0.6) is 11.5 Å². The second-order valence-electron chi connectivity index (χ2n) is 11.1. The molecule has 1 heterocycles. The number of rotatable bonds is 22. The van der Waals surface area contributed by atoms with E-state index in [1.165, 1.54) is 74.7 Å². The first-order valence-electron chi connectivity index (χ1n) is 16.4. The molecule has 228 valence electrons. The molecule has 0 saturated carbocycles. The maximum absolute atomic E-state index is 6.34. The molecular weight excluding hydrogens is 534 g/mol. The summed E-state index contributed by atoms with van der Waals surface area (Å²) in [6.45, 7) is 10.0. The molecule has 1 aliphatic rings. The highest BCUT2D eigenvalue weighted by atomic mass is 32.1. The second-order valence-corrected chi connectivity index (χ2v) is 12.2. The van der Waals surface area contributed by atoms with Crippen LogP contribution >= 0.6 is 11.3 Å². The van der Waals surface area contributed by atoms with Crippen LogP contribution < -0.4 is 14.8 Å². The number of hydrogen-bond acceptors (Lipinski definition) is 4. The van der Waals surface area contributed by atoms with E-state index in [1.54, 1.807) is 11.3 Å². The van der Waals surface area contributed by atoms with Gasteiger partial charge in [0.05, 0.1) is 18.2 Å². The van der Waals surface area contributed by atoms with Crippen molar-refractivity contribution in [2.45, 2.75) is 104 Å². The van der Waals surface area contributed by atoms with Gasteiger partial charge in [-0.05, 0) is 73.7 Å². The molecule has 1 aromatic heterocycles. The lowest BCUT2D eigenvalue weighted by molar-refractivity contribution is 0.297. The molecule has 3 rings (SSSR count). The molecule has 0 radical (unpaired) electrons. The number of nitrogens with one attached hydrogen (secondary N) is 1. The van der Waals surface area contributed by atoms with E-state index in [9.17, 15) is 0 Å². The van der Waals surface area contributed by atoms with E-state index in [0.717, 1.165) is 66.7 Å². The number of allylic oxidation sites excluding steroid dienone is 8. The van der Waals surface area contributed by atoms with Gasteiger partial charge in [0.1, 0.15) is 11.5 Å². The van der Waals surface area contributed by atoms with E-state index in [2.05, 4.69) is 92.5 Å². The van der Waals surface area contributed by atoms with Crippen LogP contribution in [0.1, 0.15) is 104 Å². The summed E-state index contributed by atoms with van der Waals surface area (Å²) in [5, 5.41) is 4.61. The molecule has 4 heteroatoms. The minimum atomic E-state index is 0.746. The molecule has 0 spiro atoms. The van der Waals surface area contributed by atoms with E-state index in [0.29, 0.717) is 0 Å². The molecular formula is C38H53NO2S. The summed E-state index contributed by atoms with van der Waals surface area (Å²) in [5.74, 6) is 1.85. The number of unbranched alkanes of at least 4 members (excludes halogenated alkanes) is 10. The predicted octanol–water partition coefficient (Wildman–Crippen LogP) is 12.2. The molecule has 1 aliphatic carbocycles. The molecule has 1 N–H and O–H groups in total. The Hall–Kier alpha value is -2.98. The number of anilines is 1. The van der Waals surface area contributed by atoms with Crippen LogP contribution in [0.25, 0.3) is 10.4 Å². The van der Waals surface area contributed by atoms with Gasteiger partial charge in [-0.1, -0.05) is 115 Å². The molecule has 0 fully saturated rings. The quantitative estimate of drug-likeness (QED) is 0.110. The Morgan fingerprint density at radius 1 is 0.881 bits per heavy atom. The fourth-order valence-corrected chi connectivity index (χ4v) is 5.89. The zero-order chi connectivity index (χ0) is 29.7. The highest BCUT2D eigenvalue weighted by Crippen LogP contribution is 2.40. The van der Waals surface area contributed by atoms with E-state index >= 15 is 0 Å². The van der Waals surface area contributed by atoms with Gasteiger partial charge >= 0.3 is 0 Å². The summed E-state index contributed by atoms with van der Waals surface area (Å²) in [7, 11) is 0. The predicted molar refractivity (Wildman–Crippen MR) is 185 cm³/mol. The Morgan fingerprint density at radius 2 is 1.60 bits per heavy atom. The molecule has 3 nitrogen and oxygen atoms in total. The molecule has 0 atom stereocenters. The molecule has 0 aliphatic heterocycles. The third-order valence-electron chi connectivity index (χ3n) is 7.46. The fourth-order valence-electron chi connectivity index (χ4n) is 4.94. The number of benzene rings is 1. The summed E-state index contributed by atoms with van der Waals surface area (Å²) >= 11 is 1.73. The average molecular weight is 588 g/mol. The van der Waals surface area contributed by atoms with Gasteiger partial charge in [-0.15, -0.1) is 11.3 Å². The van der Waals surface area contributed by atoms with Gasteiger partial charge in [-0.25, -0.2) is 0 Å². The van der Waals surface area contributed by atoms with Crippen molar-refractivity contribution >= 4 is 16.3 Å². The van der Waals surface area contributed by atoms with Crippen LogP contribution in [0.4, 0.5) is 5.00 Å². The molecule has 0 amide bonds. The Labute approximate surface area is 260 Å². The summed E-state index contributed by atoms with van der Waals surface area (Å²) in [6.07, 6.45) is 32.1. The summed E-state index contributed by atoms with van der Waals surface area (Å²) in [5.41, 5.74) is 3.42. The SMILES string of the molecule is C=C/C(=C\C=C\C1=CC=CCC1)Nc1ccc(-c2cc(OCCCCCCCC)ccc2OCCCCCCCC)s1. The summed E-state index contributed by atoms with van der Waals surface area (Å²) in [4.78, 5) is 1.17. The molecule has 1 aromatic carbocycles. The topological polar surface area (TPSA) is 30.5 Å². The second kappa shape index (κ2) is 20.8. The minimum absolute atomic E-state index is 0.746. The first-order valence-corrected chi connectivity index (χ1v) is 17.2. The summed E-state index contributed by atoms with van der Waals surface area (Å²) < 4.78 is 12.5. The first kappa shape index (κ1) is 33.5. The van der Waals surface area contributed by atoms with Crippen molar-refractivity contribution in [3.05, 3.63) is 90.7 Å². The first-order chi connectivity index (χ1) is 20.7. The van der Waals surface area contributed by atoms with Gasteiger partial charge in [0.2, 0.25) is 0 Å². The highest BCUT2D eigenvalue weighted by Gasteiger charge is 2.12. The van der Waals surface area contributed by atoms with Crippen LogP contribution in [0.15, 0.2) is 90.7 Å². The molecule has 0 bridgehead atoms. The van der Waals surface area contributed by atoms with Crippen molar-refractivity contribution in [3.63, 3.8) is 0 Å². The fraction of sp³-hybridized carbons (Fsp3) is 0.474. The van der Waals surface area contributed by atoms with Crippen LogP contribution in [0, 0.1) is 0 Å². The van der Waals surface area contributed by atoms with Crippen LogP contribution in [0.2, 0.25) is 0 Å². The van der Waals surface area contributed by atoms with E-state index in [4.69, 9.17) is 9.47 Å². The lowest BCUT2D eigenvalue weighted by Crippen LogP contribution is -2.01. The number of hydrogen-bond donors (Lipinski definition) is 1. The molecule has 0 unspecified atom stereocenters. The lowest BCUT2D eigenvalue weighted by atomic mass is 10.0. The number of ether oxygens (including phenoxy) is 2. The van der Waals surface area contributed by atoms with Crippen LogP contribution in [-0.2, 0) is 0 Å². The van der Waals surface area contributed by atoms with Crippen molar-refractivity contribution in [2.24, 2.45) is 0 Å². The molecule has 0 saturated heterocycles. The van der Waals surface area contributed by atoms with Gasteiger partial charge in [0.25, 0.3) is 0 Å². The van der Waals surface area contributed by atoms with Crippen molar-refractivity contribution in [3.8, 4) is 21.9 Å². The zero-order valence-electron chi connectivity index (χ0n) is 26.2. The smallest absolute Gasteiger partial charge is 0.128 e. The van der Waals surface area contributed by atoms with Crippen molar-refractivity contribution < 1.29 is 9.47 Å². The van der Waals surface area contributed by atoms with E-state index < -0.39 is 0 Å². The van der Waals surface area contributed by atoms with E-state index in [1.807, 2.05) is 6.08 Å². The standard InChI is InChI=1S/C38H53NO2S/c1-4-7-9-11-13-18-29-40-34-25-26-36(41-30-19-14-12-10-8-5-2)35(31-34)37-27-28-38(42-37)39-33(6-3)24-20-23-32-21-16-15-17-22-32/h6,15-16,20-21,23-28,31,39H,3-5,7-14,17-19,22,29-30H2,1-2H3/b23-20+,33-24+. The lowest BCUT2D eigenvalue weighted by Gasteiger charge is -2.13. The van der Waals surface area contributed by atoms with Gasteiger partial charge in [0, 0.05) is 16.1 Å². The zero-order valence-corrected chi connectivity index (χ0v) is 27.0. The van der Waals surface area contributed by atoms with Gasteiger partial charge in [-0.2, -0.15) is 0 Å². The van der Waals surface area contributed by atoms with E-state index in [-0.39, 0.29) is 0 Å². The van der Waals surface area contributed by atoms with Crippen LogP contribution in [0.3, 0.4) is 0 Å². The maximum atomic E-state index is 6.34.